The Kier molecular flexibility index (Phi) is 4.17. The summed E-state index contributed by atoms with van der Waals surface area (Å²) in [5.41, 5.74) is 6.09. The van der Waals surface area contributed by atoms with Gasteiger partial charge in [0.2, 0.25) is 10.0 Å². The van der Waals surface area contributed by atoms with E-state index in [9.17, 15) is 13.2 Å². The van der Waals surface area contributed by atoms with Gasteiger partial charge in [-0.1, -0.05) is 19.3 Å². The smallest absolute Gasteiger partial charge is 0.335 e. The van der Waals surface area contributed by atoms with Crippen molar-refractivity contribution < 1.29 is 18.3 Å². The van der Waals surface area contributed by atoms with E-state index in [1.807, 2.05) is 0 Å². The SMILES string of the molecule is Nc1cc(C(=O)O)ccc1NS(=O)(=O)C1CCCCC1. The monoisotopic (exact) mass is 298 g/mol. The molecule has 1 aromatic carbocycles. The van der Waals surface area contributed by atoms with Crippen molar-refractivity contribution in [3.63, 3.8) is 0 Å². The fourth-order valence-electron chi connectivity index (χ4n) is 2.40. The summed E-state index contributed by atoms with van der Waals surface area (Å²) in [6, 6.07) is 3.97. The van der Waals surface area contributed by atoms with Crippen molar-refractivity contribution in [3.05, 3.63) is 23.8 Å². The number of benzene rings is 1. The molecule has 1 aliphatic carbocycles. The minimum atomic E-state index is -3.47. The van der Waals surface area contributed by atoms with Gasteiger partial charge in [0.25, 0.3) is 0 Å². The summed E-state index contributed by atoms with van der Waals surface area (Å²) in [6.45, 7) is 0. The minimum Gasteiger partial charge on any atom is -0.478 e. The molecule has 4 N–H and O–H groups in total. The molecule has 0 atom stereocenters. The van der Waals surface area contributed by atoms with Crippen molar-refractivity contribution in [1.82, 2.24) is 0 Å². The zero-order chi connectivity index (χ0) is 14.8. The number of carboxylic acids is 1. The Hall–Kier alpha value is -1.76. The molecule has 1 aromatic rings. The molecule has 7 heteroatoms. The van der Waals surface area contributed by atoms with Crippen LogP contribution in [0, 0.1) is 0 Å². The van der Waals surface area contributed by atoms with Gasteiger partial charge in [-0.15, -0.1) is 0 Å². The molecular formula is C13H18N2O4S. The molecule has 0 saturated heterocycles. The standard InChI is InChI=1S/C13H18N2O4S/c14-11-8-9(13(16)17)6-7-12(11)15-20(18,19)10-4-2-1-3-5-10/h6-8,10,15H,1-5,14H2,(H,16,17). The molecule has 0 radical (unpaired) electrons. The molecule has 0 spiro atoms. The number of carboxylic acid groups (broad SMARTS) is 1. The van der Waals surface area contributed by atoms with E-state index in [1.54, 1.807) is 0 Å². The third kappa shape index (κ3) is 3.22. The van der Waals surface area contributed by atoms with Crippen molar-refractivity contribution in [2.45, 2.75) is 37.4 Å². The number of nitrogens with one attached hydrogen (secondary N) is 1. The maximum absolute atomic E-state index is 12.2. The Balaban J connectivity index is 2.18. The number of hydrogen-bond donors (Lipinski definition) is 3. The van der Waals surface area contributed by atoms with Gasteiger partial charge in [-0.2, -0.15) is 0 Å². The molecule has 1 aliphatic rings. The third-order valence-corrected chi connectivity index (χ3v) is 5.40. The largest absolute Gasteiger partial charge is 0.478 e. The van der Waals surface area contributed by atoms with Crippen LogP contribution in [0.3, 0.4) is 0 Å². The number of carbonyl (C=O) groups is 1. The lowest BCUT2D eigenvalue weighted by atomic mass is 10.0. The van der Waals surface area contributed by atoms with Crippen molar-refractivity contribution >= 4 is 27.4 Å². The van der Waals surface area contributed by atoms with Gasteiger partial charge >= 0.3 is 5.97 Å². The van der Waals surface area contributed by atoms with Gasteiger partial charge in [-0.05, 0) is 31.0 Å². The summed E-state index contributed by atoms with van der Waals surface area (Å²) >= 11 is 0. The molecule has 0 amide bonds. The van der Waals surface area contributed by atoms with Gasteiger partial charge in [-0.3, -0.25) is 4.72 Å². The Morgan fingerprint density at radius 1 is 1.25 bits per heavy atom. The van der Waals surface area contributed by atoms with E-state index in [0.717, 1.165) is 19.3 Å². The normalized spacial score (nSPS) is 16.8. The first-order valence-electron chi connectivity index (χ1n) is 6.54. The maximum Gasteiger partial charge on any atom is 0.335 e. The third-order valence-electron chi connectivity index (χ3n) is 3.54. The number of nitrogens with two attached hydrogens (primary N) is 1. The van der Waals surface area contributed by atoms with E-state index in [1.165, 1.54) is 18.2 Å². The summed E-state index contributed by atoms with van der Waals surface area (Å²) in [5.74, 6) is -1.10. The molecule has 0 aliphatic heterocycles. The van der Waals surface area contributed by atoms with Crippen molar-refractivity contribution in [2.24, 2.45) is 0 Å². The Bertz CT molecular complexity index is 607. The van der Waals surface area contributed by atoms with Gasteiger partial charge in [-0.25, -0.2) is 13.2 Å². The molecule has 1 saturated carbocycles. The molecule has 0 heterocycles. The van der Waals surface area contributed by atoms with Gasteiger partial charge < -0.3 is 10.8 Å². The van der Waals surface area contributed by atoms with E-state index in [4.69, 9.17) is 10.8 Å². The Morgan fingerprint density at radius 2 is 1.90 bits per heavy atom. The fourth-order valence-corrected chi connectivity index (χ4v) is 4.01. The molecule has 20 heavy (non-hydrogen) atoms. The first kappa shape index (κ1) is 14.6. The first-order valence-corrected chi connectivity index (χ1v) is 8.09. The predicted molar refractivity (Wildman–Crippen MR) is 77.2 cm³/mol. The second kappa shape index (κ2) is 5.70. The zero-order valence-corrected chi connectivity index (χ0v) is 11.8. The molecular weight excluding hydrogens is 280 g/mol. The van der Waals surface area contributed by atoms with Crippen molar-refractivity contribution in [3.8, 4) is 0 Å². The van der Waals surface area contributed by atoms with Crippen LogP contribution in [0.2, 0.25) is 0 Å². The molecule has 110 valence electrons. The first-order chi connectivity index (χ1) is 9.40. The number of sulfonamides is 1. The molecule has 6 nitrogen and oxygen atoms in total. The summed E-state index contributed by atoms with van der Waals surface area (Å²) in [5, 5.41) is 8.45. The second-order valence-corrected chi connectivity index (χ2v) is 6.98. The average molecular weight is 298 g/mol. The number of hydrogen-bond acceptors (Lipinski definition) is 4. The van der Waals surface area contributed by atoms with E-state index in [2.05, 4.69) is 4.72 Å². The Morgan fingerprint density at radius 3 is 2.45 bits per heavy atom. The van der Waals surface area contributed by atoms with Gasteiger partial charge in [0.05, 0.1) is 22.2 Å². The van der Waals surface area contributed by atoms with Gasteiger partial charge in [0.15, 0.2) is 0 Å². The van der Waals surface area contributed by atoms with E-state index >= 15 is 0 Å². The zero-order valence-electron chi connectivity index (χ0n) is 11.0. The Labute approximate surface area is 118 Å². The lowest BCUT2D eigenvalue weighted by molar-refractivity contribution is 0.0697. The molecule has 2 rings (SSSR count). The number of aromatic carboxylic acids is 1. The summed E-state index contributed by atoms with van der Waals surface area (Å²) < 4.78 is 27.0. The van der Waals surface area contributed by atoms with Crippen LogP contribution in [0.15, 0.2) is 18.2 Å². The maximum atomic E-state index is 12.2. The molecule has 1 fully saturated rings. The van der Waals surface area contributed by atoms with Crippen LogP contribution < -0.4 is 10.5 Å². The van der Waals surface area contributed by atoms with Crippen molar-refractivity contribution in [2.75, 3.05) is 10.5 Å². The highest BCUT2D eigenvalue weighted by atomic mass is 32.2. The average Bonchev–Trinajstić information content (AvgIpc) is 2.41. The lowest BCUT2D eigenvalue weighted by Crippen LogP contribution is -2.30. The number of nitrogen functional groups attached to an aromatic ring is 1. The molecule has 0 unspecified atom stereocenters. The fraction of sp³-hybridized carbons (Fsp3) is 0.462. The highest BCUT2D eigenvalue weighted by molar-refractivity contribution is 7.93. The topological polar surface area (TPSA) is 109 Å². The van der Waals surface area contributed by atoms with E-state index < -0.39 is 21.2 Å². The van der Waals surface area contributed by atoms with Gasteiger partial charge in [0.1, 0.15) is 0 Å². The van der Waals surface area contributed by atoms with Crippen LogP contribution in [0.25, 0.3) is 0 Å². The summed E-state index contributed by atoms with van der Waals surface area (Å²) in [4.78, 5) is 10.8. The minimum absolute atomic E-state index is 0.0307. The lowest BCUT2D eigenvalue weighted by Gasteiger charge is -2.22. The molecule has 0 aromatic heterocycles. The van der Waals surface area contributed by atoms with Crippen LogP contribution in [0.1, 0.15) is 42.5 Å². The van der Waals surface area contributed by atoms with Crippen LogP contribution >= 0.6 is 0 Å². The van der Waals surface area contributed by atoms with Crippen LogP contribution in [0.4, 0.5) is 11.4 Å². The van der Waals surface area contributed by atoms with Gasteiger partial charge in [0, 0.05) is 0 Å². The predicted octanol–water partition coefficient (Wildman–Crippen LogP) is 2.04. The van der Waals surface area contributed by atoms with Crippen LogP contribution in [0.5, 0.6) is 0 Å². The molecule has 0 bridgehead atoms. The van der Waals surface area contributed by atoms with Crippen LogP contribution in [-0.2, 0) is 10.0 Å². The quantitative estimate of drug-likeness (QED) is 0.737. The second-order valence-electron chi connectivity index (χ2n) is 5.01. The van der Waals surface area contributed by atoms with E-state index in [0.29, 0.717) is 12.8 Å². The summed E-state index contributed by atoms with van der Waals surface area (Å²) in [6.07, 6.45) is 4.21. The number of rotatable bonds is 4. The summed E-state index contributed by atoms with van der Waals surface area (Å²) in [7, 11) is -3.47. The highest BCUT2D eigenvalue weighted by Crippen LogP contribution is 2.27. The highest BCUT2D eigenvalue weighted by Gasteiger charge is 2.27. The van der Waals surface area contributed by atoms with E-state index in [-0.39, 0.29) is 16.9 Å². The van der Waals surface area contributed by atoms with Crippen LogP contribution in [-0.4, -0.2) is 24.7 Å². The number of anilines is 2. The van der Waals surface area contributed by atoms with Crippen molar-refractivity contribution in [1.29, 1.82) is 0 Å².